The van der Waals surface area contributed by atoms with Crippen LogP contribution in [0.5, 0.6) is 0 Å². The molecule has 1 heterocycles. The first-order chi connectivity index (χ1) is 4.88. The fraction of sp³-hybridized carbons (Fsp3) is 0.625. The molecule has 0 amide bonds. The number of rotatable bonds is 0. The highest BCUT2D eigenvalue weighted by Crippen LogP contribution is 2.31. The Morgan fingerprint density at radius 2 is 2.20 bits per heavy atom. The van der Waals surface area contributed by atoms with E-state index in [2.05, 4.69) is 12.2 Å². The predicted octanol–water partition coefficient (Wildman–Crippen LogP) is 1.13. The van der Waals surface area contributed by atoms with Crippen LogP contribution in [0.25, 0.3) is 0 Å². The molecule has 0 radical (unpaired) electrons. The van der Waals surface area contributed by atoms with E-state index in [1.165, 1.54) is 0 Å². The van der Waals surface area contributed by atoms with Crippen LogP contribution in [0.3, 0.4) is 0 Å². The van der Waals surface area contributed by atoms with E-state index in [1.807, 2.05) is 0 Å². The summed E-state index contributed by atoms with van der Waals surface area (Å²) < 4.78 is 4.92. The third-order valence-electron chi connectivity index (χ3n) is 2.31. The van der Waals surface area contributed by atoms with E-state index in [1.54, 1.807) is 0 Å². The molecule has 2 heteroatoms. The number of hydrogen-bond acceptors (Lipinski definition) is 2. The number of cyclic esters (lactones) is 1. The molecule has 54 valence electrons. The third kappa shape index (κ3) is 0.753. The largest absolute Gasteiger partial charge is 0.465 e. The maximum Gasteiger partial charge on any atom is 0.309 e. The van der Waals surface area contributed by atoms with Gasteiger partial charge < -0.3 is 4.74 Å². The van der Waals surface area contributed by atoms with Crippen LogP contribution >= 0.6 is 0 Å². The first kappa shape index (κ1) is 5.96. The van der Waals surface area contributed by atoms with Gasteiger partial charge in [0, 0.05) is 5.92 Å². The van der Waals surface area contributed by atoms with Crippen molar-refractivity contribution in [2.24, 2.45) is 11.8 Å². The lowest BCUT2D eigenvalue weighted by Crippen LogP contribution is -2.16. The summed E-state index contributed by atoms with van der Waals surface area (Å²) in [5.41, 5.74) is 0. The van der Waals surface area contributed by atoms with Crippen molar-refractivity contribution in [3.05, 3.63) is 12.2 Å². The fourth-order valence-electron chi connectivity index (χ4n) is 1.64. The first-order valence-electron chi connectivity index (χ1n) is 3.69. The minimum atomic E-state index is 0.00866. The topological polar surface area (TPSA) is 26.3 Å². The van der Waals surface area contributed by atoms with Gasteiger partial charge in [0.15, 0.2) is 0 Å². The zero-order valence-corrected chi connectivity index (χ0v) is 5.75. The van der Waals surface area contributed by atoms with Crippen molar-refractivity contribution < 1.29 is 9.53 Å². The smallest absolute Gasteiger partial charge is 0.309 e. The van der Waals surface area contributed by atoms with E-state index in [4.69, 9.17) is 4.74 Å². The average molecular weight is 138 g/mol. The zero-order valence-electron chi connectivity index (χ0n) is 5.75. The van der Waals surface area contributed by atoms with Gasteiger partial charge in [0.2, 0.25) is 0 Å². The van der Waals surface area contributed by atoms with Gasteiger partial charge in [-0.2, -0.15) is 0 Å². The van der Waals surface area contributed by atoms with Crippen LogP contribution in [0.4, 0.5) is 0 Å². The monoisotopic (exact) mass is 138 g/mol. The maximum atomic E-state index is 11.0. The molecule has 10 heavy (non-hydrogen) atoms. The Labute approximate surface area is 59.9 Å². The summed E-state index contributed by atoms with van der Waals surface area (Å²) in [6, 6.07) is 0. The summed E-state index contributed by atoms with van der Waals surface area (Å²) in [5.74, 6) is 0.678. The van der Waals surface area contributed by atoms with E-state index < -0.39 is 0 Å². The van der Waals surface area contributed by atoms with E-state index >= 15 is 0 Å². The molecule has 0 aromatic heterocycles. The minimum Gasteiger partial charge on any atom is -0.465 e. The second-order valence-corrected chi connectivity index (χ2v) is 2.94. The number of carbonyl (C=O) groups is 1. The quantitative estimate of drug-likeness (QED) is 0.370. The third-order valence-corrected chi connectivity index (χ3v) is 2.31. The standard InChI is InChI=1S/C8H10O2/c9-8-7-4-2-1-3-6(7)5-10-8/h1-2,6-7H,3-5H2/t6-,7-/m1/s1. The highest BCUT2D eigenvalue weighted by Gasteiger charge is 2.36. The number of hydrogen-bond donors (Lipinski definition) is 0. The molecule has 0 bridgehead atoms. The van der Waals surface area contributed by atoms with Crippen LogP contribution in [0.1, 0.15) is 12.8 Å². The summed E-state index contributed by atoms with van der Waals surface area (Å²) in [6.07, 6.45) is 6.14. The normalized spacial score (nSPS) is 37.4. The van der Waals surface area contributed by atoms with Crippen molar-refractivity contribution in [2.75, 3.05) is 6.61 Å². The van der Waals surface area contributed by atoms with Crippen molar-refractivity contribution in [1.82, 2.24) is 0 Å². The Bertz CT molecular complexity index is 184. The number of carbonyl (C=O) groups excluding carboxylic acids is 1. The molecule has 1 saturated heterocycles. The van der Waals surface area contributed by atoms with Crippen molar-refractivity contribution in [2.45, 2.75) is 12.8 Å². The van der Waals surface area contributed by atoms with Crippen LogP contribution in [-0.4, -0.2) is 12.6 Å². The molecule has 1 aliphatic carbocycles. The Balaban J connectivity index is 2.17. The van der Waals surface area contributed by atoms with Gasteiger partial charge in [0.25, 0.3) is 0 Å². The zero-order chi connectivity index (χ0) is 6.97. The average Bonchev–Trinajstić information content (AvgIpc) is 2.34. The summed E-state index contributed by atoms with van der Waals surface area (Å²) in [5, 5.41) is 0. The Morgan fingerprint density at radius 1 is 1.40 bits per heavy atom. The molecule has 1 fully saturated rings. The number of esters is 1. The van der Waals surface area contributed by atoms with E-state index in [9.17, 15) is 4.79 Å². The summed E-state index contributed by atoms with van der Waals surface area (Å²) in [7, 11) is 0. The van der Waals surface area contributed by atoms with Crippen LogP contribution in [0.15, 0.2) is 12.2 Å². The van der Waals surface area contributed by atoms with E-state index in [0.717, 1.165) is 12.8 Å². The molecule has 0 unspecified atom stereocenters. The highest BCUT2D eigenvalue weighted by atomic mass is 16.5. The van der Waals surface area contributed by atoms with Gasteiger partial charge in [-0.3, -0.25) is 4.79 Å². The number of fused-ring (bicyclic) bond motifs is 1. The number of allylic oxidation sites excluding steroid dienone is 2. The molecule has 1 aliphatic heterocycles. The lowest BCUT2D eigenvalue weighted by molar-refractivity contribution is -0.141. The van der Waals surface area contributed by atoms with Gasteiger partial charge in [-0.1, -0.05) is 12.2 Å². The molecule has 2 atom stereocenters. The van der Waals surface area contributed by atoms with Crippen molar-refractivity contribution in [1.29, 1.82) is 0 Å². The predicted molar refractivity (Wildman–Crippen MR) is 36.3 cm³/mol. The second-order valence-electron chi connectivity index (χ2n) is 2.94. The lowest BCUT2D eigenvalue weighted by atomic mass is 9.86. The lowest BCUT2D eigenvalue weighted by Gasteiger charge is -2.14. The summed E-state index contributed by atoms with van der Waals surface area (Å²) in [4.78, 5) is 11.0. The number of ether oxygens (including phenoxy) is 1. The highest BCUT2D eigenvalue weighted by molar-refractivity contribution is 5.75. The molecule has 0 saturated carbocycles. The molecule has 0 spiro atoms. The molecular formula is C8H10O2. The van der Waals surface area contributed by atoms with Crippen LogP contribution in [-0.2, 0) is 9.53 Å². The van der Waals surface area contributed by atoms with E-state index in [-0.39, 0.29) is 11.9 Å². The second kappa shape index (κ2) is 2.11. The minimum absolute atomic E-state index is 0.00866. The molecule has 2 nitrogen and oxygen atoms in total. The molecule has 0 aromatic rings. The molecular weight excluding hydrogens is 128 g/mol. The van der Waals surface area contributed by atoms with Crippen molar-refractivity contribution >= 4 is 5.97 Å². The van der Waals surface area contributed by atoms with Gasteiger partial charge >= 0.3 is 5.97 Å². The van der Waals surface area contributed by atoms with Crippen LogP contribution in [0, 0.1) is 11.8 Å². The molecule has 2 aliphatic rings. The first-order valence-corrected chi connectivity index (χ1v) is 3.69. The fourth-order valence-corrected chi connectivity index (χ4v) is 1.64. The van der Waals surface area contributed by atoms with Gasteiger partial charge in [0.05, 0.1) is 12.5 Å². The Kier molecular flexibility index (Phi) is 1.26. The van der Waals surface area contributed by atoms with Gasteiger partial charge in [-0.15, -0.1) is 0 Å². The molecule has 0 aromatic carbocycles. The molecule has 2 rings (SSSR count). The molecule has 0 N–H and O–H groups in total. The van der Waals surface area contributed by atoms with Gasteiger partial charge in [-0.25, -0.2) is 0 Å². The van der Waals surface area contributed by atoms with Crippen LogP contribution in [0.2, 0.25) is 0 Å². The van der Waals surface area contributed by atoms with Crippen molar-refractivity contribution in [3.63, 3.8) is 0 Å². The van der Waals surface area contributed by atoms with Gasteiger partial charge in [0.1, 0.15) is 0 Å². The van der Waals surface area contributed by atoms with E-state index in [0.29, 0.717) is 12.5 Å². The van der Waals surface area contributed by atoms with Crippen LogP contribution < -0.4 is 0 Å². The van der Waals surface area contributed by atoms with Gasteiger partial charge in [-0.05, 0) is 12.8 Å². The summed E-state index contributed by atoms with van der Waals surface area (Å²) >= 11 is 0. The Hall–Kier alpha value is -0.790. The Morgan fingerprint density at radius 3 is 3.00 bits per heavy atom. The SMILES string of the molecule is O=C1OC[C@H]2CC=CC[C@@H]12. The summed E-state index contributed by atoms with van der Waals surface area (Å²) in [6.45, 7) is 0.647. The maximum absolute atomic E-state index is 11.0. The van der Waals surface area contributed by atoms with Crippen molar-refractivity contribution in [3.8, 4) is 0 Å².